The van der Waals surface area contributed by atoms with Gasteiger partial charge in [0.15, 0.2) is 0 Å². The van der Waals surface area contributed by atoms with Crippen molar-refractivity contribution in [2.75, 3.05) is 44.2 Å². The summed E-state index contributed by atoms with van der Waals surface area (Å²) in [4.78, 5) is 22.2. The maximum absolute atomic E-state index is 12.7. The number of fused-ring (bicyclic) bond motifs is 1. The molecule has 4 aromatic rings. The van der Waals surface area contributed by atoms with Crippen molar-refractivity contribution in [2.45, 2.75) is 6.42 Å². The first-order valence-corrected chi connectivity index (χ1v) is 12.6. The molecule has 0 bridgehead atoms. The van der Waals surface area contributed by atoms with Gasteiger partial charge in [0.25, 0.3) is 5.91 Å². The van der Waals surface area contributed by atoms with Crippen molar-refractivity contribution in [3.8, 4) is 0 Å². The van der Waals surface area contributed by atoms with Gasteiger partial charge in [0.1, 0.15) is 5.82 Å². The zero-order valence-corrected chi connectivity index (χ0v) is 20.4. The number of benzene rings is 3. The molecule has 6 nitrogen and oxygen atoms in total. The Labute approximate surface area is 208 Å². The number of hydrogen-bond acceptors (Lipinski definition) is 6. The van der Waals surface area contributed by atoms with Crippen LogP contribution in [0.3, 0.4) is 0 Å². The largest absolute Gasteiger partial charge is 0.351 e. The van der Waals surface area contributed by atoms with Gasteiger partial charge in [-0.25, -0.2) is 4.98 Å². The predicted octanol–water partition coefficient (Wildman–Crippen LogP) is 4.49. The Hall–Kier alpha value is -3.00. The van der Waals surface area contributed by atoms with Crippen LogP contribution in [0, 0.1) is 0 Å². The lowest BCUT2D eigenvalue weighted by Crippen LogP contribution is -2.48. The average molecular weight is 492 g/mol. The molecule has 5 rings (SSSR count). The Morgan fingerprint density at radius 3 is 2.56 bits per heavy atom. The lowest BCUT2D eigenvalue weighted by Gasteiger charge is -2.34. The van der Waals surface area contributed by atoms with E-state index in [9.17, 15) is 4.79 Å². The molecule has 0 radical (unpaired) electrons. The molecule has 0 saturated carbocycles. The highest BCUT2D eigenvalue weighted by atomic mass is 35.5. The molecule has 1 aromatic heterocycles. The minimum atomic E-state index is -0.0162. The SMILES string of the molecule is O=C(NCCN1CCN(c2nc(Cc3ccc(Cl)cc3)ns2)CC1)c1cccc2ccccc12. The van der Waals surface area contributed by atoms with E-state index in [0.717, 1.165) is 70.6 Å². The Morgan fingerprint density at radius 1 is 0.971 bits per heavy atom. The van der Waals surface area contributed by atoms with Gasteiger partial charge in [-0.2, -0.15) is 4.37 Å². The van der Waals surface area contributed by atoms with Crippen molar-refractivity contribution in [1.29, 1.82) is 0 Å². The van der Waals surface area contributed by atoms with Crippen LogP contribution in [0.1, 0.15) is 21.7 Å². The summed E-state index contributed by atoms with van der Waals surface area (Å²) in [6, 6.07) is 21.7. The maximum atomic E-state index is 12.7. The topological polar surface area (TPSA) is 61.4 Å². The van der Waals surface area contributed by atoms with E-state index < -0.39 is 0 Å². The van der Waals surface area contributed by atoms with Gasteiger partial charge >= 0.3 is 0 Å². The first kappa shape index (κ1) is 22.8. The van der Waals surface area contributed by atoms with Crippen molar-refractivity contribution >= 4 is 44.9 Å². The molecule has 0 aliphatic carbocycles. The predicted molar refractivity (Wildman–Crippen MR) is 139 cm³/mol. The molecule has 0 spiro atoms. The lowest BCUT2D eigenvalue weighted by molar-refractivity contribution is 0.0949. The van der Waals surface area contributed by atoms with Gasteiger partial charge in [0.05, 0.1) is 0 Å². The molecule has 1 N–H and O–H groups in total. The number of nitrogens with one attached hydrogen (secondary N) is 1. The van der Waals surface area contributed by atoms with Gasteiger partial charge in [-0.1, -0.05) is 60.1 Å². The van der Waals surface area contributed by atoms with Crippen molar-refractivity contribution in [3.05, 3.63) is 88.7 Å². The summed E-state index contributed by atoms with van der Waals surface area (Å²) < 4.78 is 4.54. The highest BCUT2D eigenvalue weighted by molar-refractivity contribution is 7.09. The normalized spacial score (nSPS) is 14.4. The Kier molecular flexibility index (Phi) is 7.04. The number of rotatable bonds is 7. The second-order valence-corrected chi connectivity index (χ2v) is 9.57. The highest BCUT2D eigenvalue weighted by Gasteiger charge is 2.20. The van der Waals surface area contributed by atoms with Crippen LogP contribution in [0.5, 0.6) is 0 Å². The number of aromatic nitrogens is 2. The van der Waals surface area contributed by atoms with Gasteiger partial charge in [-0.3, -0.25) is 9.69 Å². The molecule has 1 fully saturated rings. The summed E-state index contributed by atoms with van der Waals surface area (Å²) in [7, 11) is 0. The zero-order chi connectivity index (χ0) is 23.3. The summed E-state index contributed by atoms with van der Waals surface area (Å²) in [6.45, 7) is 5.17. The number of hydrogen-bond donors (Lipinski definition) is 1. The van der Waals surface area contributed by atoms with Crippen LogP contribution in [-0.4, -0.2) is 59.4 Å². The molecule has 1 saturated heterocycles. The average Bonchev–Trinajstić information content (AvgIpc) is 3.34. The Bertz CT molecular complexity index is 1260. The summed E-state index contributed by atoms with van der Waals surface area (Å²) in [5.74, 6) is 0.832. The number of amides is 1. The minimum absolute atomic E-state index is 0.0162. The molecule has 0 unspecified atom stereocenters. The molecule has 174 valence electrons. The van der Waals surface area contributed by atoms with E-state index in [1.165, 1.54) is 11.5 Å². The third kappa shape index (κ3) is 5.38. The molecular formula is C26H26ClN5OS. The number of anilines is 1. The number of halogens is 1. The number of carbonyl (C=O) groups excluding carboxylic acids is 1. The first-order chi connectivity index (χ1) is 16.7. The van der Waals surface area contributed by atoms with Crippen molar-refractivity contribution < 1.29 is 4.79 Å². The third-order valence-corrected chi connectivity index (χ3v) is 7.19. The summed E-state index contributed by atoms with van der Waals surface area (Å²) >= 11 is 7.43. The monoisotopic (exact) mass is 491 g/mol. The van der Waals surface area contributed by atoms with Crippen molar-refractivity contribution in [1.82, 2.24) is 19.6 Å². The molecule has 1 aliphatic rings. The molecule has 1 amide bonds. The van der Waals surface area contributed by atoms with Crippen LogP contribution in [0.4, 0.5) is 5.13 Å². The zero-order valence-electron chi connectivity index (χ0n) is 18.8. The van der Waals surface area contributed by atoms with E-state index in [-0.39, 0.29) is 5.91 Å². The van der Waals surface area contributed by atoms with Crippen LogP contribution >= 0.6 is 23.1 Å². The lowest BCUT2D eigenvalue weighted by atomic mass is 10.0. The second kappa shape index (κ2) is 10.5. The number of carbonyl (C=O) groups is 1. The van der Waals surface area contributed by atoms with Gasteiger partial charge < -0.3 is 10.2 Å². The molecular weight excluding hydrogens is 466 g/mol. The van der Waals surface area contributed by atoms with Crippen LogP contribution < -0.4 is 10.2 Å². The van der Waals surface area contributed by atoms with Crippen LogP contribution in [0.2, 0.25) is 5.02 Å². The van der Waals surface area contributed by atoms with E-state index in [1.54, 1.807) is 0 Å². The summed E-state index contributed by atoms with van der Waals surface area (Å²) in [5, 5.41) is 6.88. The van der Waals surface area contributed by atoms with Gasteiger partial charge in [-0.15, -0.1) is 0 Å². The first-order valence-electron chi connectivity index (χ1n) is 11.5. The van der Waals surface area contributed by atoms with Crippen molar-refractivity contribution in [2.24, 2.45) is 0 Å². The van der Waals surface area contributed by atoms with E-state index >= 15 is 0 Å². The van der Waals surface area contributed by atoms with Gasteiger partial charge in [-0.05, 0) is 34.5 Å². The van der Waals surface area contributed by atoms with Gasteiger partial charge in [0.2, 0.25) is 5.13 Å². The third-order valence-electron chi connectivity index (χ3n) is 6.12. The molecule has 8 heteroatoms. The Morgan fingerprint density at radius 2 is 1.74 bits per heavy atom. The summed E-state index contributed by atoms with van der Waals surface area (Å²) in [6.07, 6.45) is 0.712. The standard InChI is InChI=1S/C26H26ClN5OS/c27-21-10-8-19(9-11-21)18-24-29-26(34-30-24)32-16-14-31(15-17-32)13-12-28-25(33)23-7-3-5-20-4-1-2-6-22(20)23/h1-11H,12-18H2,(H,28,33). The Balaban J connectivity index is 1.08. The van der Waals surface area contributed by atoms with E-state index in [4.69, 9.17) is 16.6 Å². The van der Waals surface area contributed by atoms with Crippen LogP contribution in [-0.2, 0) is 6.42 Å². The van der Waals surface area contributed by atoms with Crippen LogP contribution in [0.15, 0.2) is 66.7 Å². The second-order valence-electron chi connectivity index (χ2n) is 8.41. The maximum Gasteiger partial charge on any atom is 0.251 e. The molecule has 1 aliphatic heterocycles. The highest BCUT2D eigenvalue weighted by Crippen LogP contribution is 2.21. The quantitative estimate of drug-likeness (QED) is 0.413. The molecule has 0 atom stereocenters. The fourth-order valence-corrected chi connectivity index (χ4v) is 5.10. The minimum Gasteiger partial charge on any atom is -0.351 e. The molecule has 2 heterocycles. The molecule has 34 heavy (non-hydrogen) atoms. The number of piperazine rings is 1. The van der Waals surface area contributed by atoms with Crippen molar-refractivity contribution in [3.63, 3.8) is 0 Å². The van der Waals surface area contributed by atoms with E-state index in [1.807, 2.05) is 66.7 Å². The fraction of sp³-hybridized carbons (Fsp3) is 0.269. The molecule has 3 aromatic carbocycles. The summed E-state index contributed by atoms with van der Waals surface area (Å²) in [5.41, 5.74) is 1.89. The van der Waals surface area contributed by atoms with E-state index in [2.05, 4.69) is 19.5 Å². The van der Waals surface area contributed by atoms with Crippen LogP contribution in [0.25, 0.3) is 10.8 Å². The van der Waals surface area contributed by atoms with Gasteiger partial charge in [0, 0.05) is 67.8 Å². The van der Waals surface area contributed by atoms with E-state index in [0.29, 0.717) is 13.0 Å². The smallest absolute Gasteiger partial charge is 0.251 e. The number of nitrogens with zero attached hydrogens (tertiary/aromatic N) is 4. The fourth-order valence-electron chi connectivity index (χ4n) is 4.24.